The van der Waals surface area contributed by atoms with Gasteiger partial charge < -0.3 is 10.4 Å². The summed E-state index contributed by atoms with van der Waals surface area (Å²) >= 11 is 5.77. The molecule has 21 heavy (non-hydrogen) atoms. The molecule has 0 saturated heterocycles. The fourth-order valence-corrected chi connectivity index (χ4v) is 2.10. The Labute approximate surface area is 125 Å². The second-order valence-electron chi connectivity index (χ2n) is 4.67. The number of halogens is 4. The number of benzene rings is 2. The molecular weight excluding hydrogens is 303 g/mol. The number of hydrogen-bond acceptors (Lipinski definition) is 2. The fraction of sp³-hybridized carbons (Fsp3) is 0.200. The molecular formula is C15H13ClF3NO. The SMILES string of the molecule is Cc1ccc(NCc2ccc(O)c(Cl)c2)cc1C(F)(F)F. The number of anilines is 1. The summed E-state index contributed by atoms with van der Waals surface area (Å²) in [7, 11) is 0. The third-order valence-electron chi connectivity index (χ3n) is 3.05. The molecule has 0 unspecified atom stereocenters. The largest absolute Gasteiger partial charge is 0.506 e. The third-order valence-corrected chi connectivity index (χ3v) is 3.35. The van der Waals surface area contributed by atoms with E-state index in [-0.39, 0.29) is 16.3 Å². The molecule has 2 N–H and O–H groups in total. The highest BCUT2D eigenvalue weighted by molar-refractivity contribution is 6.32. The molecule has 0 aliphatic rings. The first-order valence-electron chi connectivity index (χ1n) is 6.16. The summed E-state index contributed by atoms with van der Waals surface area (Å²) in [6.45, 7) is 1.73. The average molecular weight is 316 g/mol. The Hall–Kier alpha value is -1.88. The van der Waals surface area contributed by atoms with Gasteiger partial charge in [-0.15, -0.1) is 0 Å². The van der Waals surface area contributed by atoms with Crippen LogP contribution in [0.2, 0.25) is 5.02 Å². The van der Waals surface area contributed by atoms with Crippen LogP contribution in [0.3, 0.4) is 0 Å². The van der Waals surface area contributed by atoms with Crippen LogP contribution in [0.1, 0.15) is 16.7 Å². The summed E-state index contributed by atoms with van der Waals surface area (Å²) in [6, 6.07) is 8.74. The van der Waals surface area contributed by atoms with Gasteiger partial charge in [-0.3, -0.25) is 0 Å². The van der Waals surface area contributed by atoms with Crippen LogP contribution >= 0.6 is 11.6 Å². The maximum atomic E-state index is 12.8. The number of rotatable bonds is 3. The molecule has 2 rings (SSSR count). The fourth-order valence-electron chi connectivity index (χ4n) is 1.90. The molecule has 0 heterocycles. The smallest absolute Gasteiger partial charge is 0.416 e. The van der Waals surface area contributed by atoms with Crippen LogP contribution in [0, 0.1) is 6.92 Å². The van der Waals surface area contributed by atoms with Gasteiger partial charge in [0.2, 0.25) is 0 Å². The van der Waals surface area contributed by atoms with Crippen molar-refractivity contribution in [1.29, 1.82) is 0 Å². The summed E-state index contributed by atoms with van der Waals surface area (Å²) in [5, 5.41) is 12.4. The number of nitrogens with one attached hydrogen (secondary N) is 1. The van der Waals surface area contributed by atoms with Crippen molar-refractivity contribution >= 4 is 17.3 Å². The average Bonchev–Trinajstić information content (AvgIpc) is 2.40. The van der Waals surface area contributed by atoms with Gasteiger partial charge >= 0.3 is 6.18 Å². The highest BCUT2D eigenvalue weighted by Crippen LogP contribution is 2.33. The highest BCUT2D eigenvalue weighted by Gasteiger charge is 2.32. The predicted octanol–water partition coefficient (Wildman–Crippen LogP) is 4.98. The maximum Gasteiger partial charge on any atom is 0.416 e. The lowest BCUT2D eigenvalue weighted by Gasteiger charge is -2.13. The Morgan fingerprint density at radius 2 is 1.86 bits per heavy atom. The van der Waals surface area contributed by atoms with E-state index in [2.05, 4.69) is 5.32 Å². The molecule has 0 spiro atoms. The second kappa shape index (κ2) is 5.85. The van der Waals surface area contributed by atoms with E-state index in [1.165, 1.54) is 19.1 Å². The number of phenols is 1. The monoisotopic (exact) mass is 315 g/mol. The van der Waals surface area contributed by atoms with Crippen LogP contribution < -0.4 is 5.32 Å². The van der Waals surface area contributed by atoms with Gasteiger partial charge in [0, 0.05) is 12.2 Å². The van der Waals surface area contributed by atoms with Crippen molar-refractivity contribution in [2.24, 2.45) is 0 Å². The lowest BCUT2D eigenvalue weighted by Crippen LogP contribution is -2.09. The van der Waals surface area contributed by atoms with Crippen molar-refractivity contribution in [2.45, 2.75) is 19.6 Å². The number of hydrogen-bond donors (Lipinski definition) is 2. The lowest BCUT2D eigenvalue weighted by atomic mass is 10.1. The zero-order chi connectivity index (χ0) is 15.6. The summed E-state index contributed by atoms with van der Waals surface area (Å²) in [6.07, 6.45) is -4.37. The standard InChI is InChI=1S/C15H13ClF3NO/c1-9-2-4-11(7-12(9)15(17,18)19)20-8-10-3-5-14(21)13(16)6-10/h2-7,20-21H,8H2,1H3. The van der Waals surface area contributed by atoms with Gasteiger partial charge in [0.05, 0.1) is 10.6 Å². The van der Waals surface area contributed by atoms with E-state index in [0.717, 1.165) is 11.6 Å². The zero-order valence-electron chi connectivity index (χ0n) is 11.1. The number of aromatic hydroxyl groups is 1. The zero-order valence-corrected chi connectivity index (χ0v) is 11.9. The maximum absolute atomic E-state index is 12.8. The first-order chi connectivity index (χ1) is 9.77. The van der Waals surface area contributed by atoms with E-state index < -0.39 is 11.7 Å². The van der Waals surface area contributed by atoms with E-state index in [4.69, 9.17) is 11.6 Å². The first kappa shape index (κ1) is 15.5. The molecule has 6 heteroatoms. The number of aryl methyl sites for hydroxylation is 1. The van der Waals surface area contributed by atoms with Crippen LogP contribution in [0.25, 0.3) is 0 Å². The summed E-state index contributed by atoms with van der Waals surface area (Å²) < 4.78 is 38.4. The molecule has 0 bridgehead atoms. The van der Waals surface area contributed by atoms with Gasteiger partial charge in [-0.05, 0) is 42.3 Å². The quantitative estimate of drug-likeness (QED) is 0.836. The molecule has 2 aromatic carbocycles. The minimum absolute atomic E-state index is 0.0323. The van der Waals surface area contributed by atoms with E-state index in [1.807, 2.05) is 0 Å². The van der Waals surface area contributed by atoms with Gasteiger partial charge in [0.1, 0.15) is 5.75 Å². The van der Waals surface area contributed by atoms with E-state index in [0.29, 0.717) is 12.2 Å². The normalized spacial score (nSPS) is 11.5. The molecule has 0 saturated carbocycles. The number of phenolic OH excluding ortho intramolecular Hbond substituents is 1. The van der Waals surface area contributed by atoms with Crippen molar-refractivity contribution in [2.75, 3.05) is 5.32 Å². The molecule has 2 nitrogen and oxygen atoms in total. The van der Waals surface area contributed by atoms with E-state index in [1.54, 1.807) is 18.2 Å². The Morgan fingerprint density at radius 3 is 2.48 bits per heavy atom. The molecule has 0 aliphatic carbocycles. The Kier molecular flexibility index (Phi) is 4.32. The Bertz CT molecular complexity index is 656. The summed E-state index contributed by atoms with van der Waals surface area (Å²) in [5.41, 5.74) is 0.654. The molecule has 0 fully saturated rings. The Balaban J connectivity index is 2.15. The van der Waals surface area contributed by atoms with Gasteiger partial charge in [0.15, 0.2) is 0 Å². The minimum atomic E-state index is -4.37. The van der Waals surface area contributed by atoms with E-state index in [9.17, 15) is 18.3 Å². The van der Waals surface area contributed by atoms with Crippen LogP contribution in [0.4, 0.5) is 18.9 Å². The molecule has 2 aromatic rings. The van der Waals surface area contributed by atoms with Gasteiger partial charge in [0.25, 0.3) is 0 Å². The topological polar surface area (TPSA) is 32.3 Å². The van der Waals surface area contributed by atoms with Crippen LogP contribution in [-0.4, -0.2) is 5.11 Å². The molecule has 0 aliphatic heterocycles. The lowest BCUT2D eigenvalue weighted by molar-refractivity contribution is -0.138. The molecule has 112 valence electrons. The third kappa shape index (κ3) is 3.82. The highest BCUT2D eigenvalue weighted by atomic mass is 35.5. The van der Waals surface area contributed by atoms with Crippen LogP contribution in [0.5, 0.6) is 5.75 Å². The van der Waals surface area contributed by atoms with Crippen molar-refractivity contribution < 1.29 is 18.3 Å². The van der Waals surface area contributed by atoms with Gasteiger partial charge in [-0.25, -0.2) is 0 Å². The van der Waals surface area contributed by atoms with Gasteiger partial charge in [-0.2, -0.15) is 13.2 Å². The van der Waals surface area contributed by atoms with Crippen molar-refractivity contribution in [1.82, 2.24) is 0 Å². The van der Waals surface area contributed by atoms with Gasteiger partial charge in [-0.1, -0.05) is 23.7 Å². The van der Waals surface area contributed by atoms with E-state index >= 15 is 0 Å². The van der Waals surface area contributed by atoms with Crippen molar-refractivity contribution in [3.8, 4) is 5.75 Å². The second-order valence-corrected chi connectivity index (χ2v) is 5.07. The molecule has 0 radical (unpaired) electrons. The van der Waals surface area contributed by atoms with Crippen molar-refractivity contribution in [3.63, 3.8) is 0 Å². The molecule has 0 atom stereocenters. The van der Waals surface area contributed by atoms with Crippen LogP contribution in [-0.2, 0) is 12.7 Å². The predicted molar refractivity (Wildman–Crippen MR) is 76.6 cm³/mol. The van der Waals surface area contributed by atoms with Crippen molar-refractivity contribution in [3.05, 3.63) is 58.1 Å². The van der Waals surface area contributed by atoms with Crippen LogP contribution in [0.15, 0.2) is 36.4 Å². The first-order valence-corrected chi connectivity index (χ1v) is 6.54. The summed E-state index contributed by atoms with van der Waals surface area (Å²) in [5.74, 6) is -0.0323. The Morgan fingerprint density at radius 1 is 1.14 bits per heavy atom. The molecule has 0 aromatic heterocycles. The summed E-state index contributed by atoms with van der Waals surface area (Å²) in [4.78, 5) is 0. The number of alkyl halides is 3. The minimum Gasteiger partial charge on any atom is -0.506 e. The molecule has 0 amide bonds.